The highest BCUT2D eigenvalue weighted by Gasteiger charge is 2.13. The lowest BCUT2D eigenvalue weighted by atomic mass is 9.85. The molecule has 98 valence electrons. The molecule has 0 bridgehead atoms. The minimum Gasteiger partial charge on any atom is -0.374 e. The maximum absolute atomic E-state index is 3.99. The van der Waals surface area contributed by atoms with E-state index in [0.717, 1.165) is 18.9 Å². The zero-order valence-corrected chi connectivity index (χ0v) is 11.6. The molecule has 1 N–H and O–H groups in total. The molecule has 2 nitrogen and oxygen atoms in total. The Morgan fingerprint density at radius 2 is 1.94 bits per heavy atom. The van der Waals surface area contributed by atoms with Crippen molar-refractivity contribution in [1.82, 2.24) is 5.32 Å². The van der Waals surface area contributed by atoms with Gasteiger partial charge in [-0.3, -0.25) is 4.99 Å². The summed E-state index contributed by atoms with van der Waals surface area (Å²) in [6.07, 6.45) is 6.35. The van der Waals surface area contributed by atoms with Gasteiger partial charge in [-0.1, -0.05) is 31.2 Å². The zero-order chi connectivity index (χ0) is 12.8. The molecule has 0 amide bonds. The highest BCUT2D eigenvalue weighted by molar-refractivity contribution is 5.83. The minimum absolute atomic E-state index is 0.893. The Hall–Kier alpha value is -1.31. The molecule has 0 aromatic heterocycles. The van der Waals surface area contributed by atoms with Crippen molar-refractivity contribution >= 4 is 5.84 Å². The molecule has 2 aliphatic rings. The van der Waals surface area contributed by atoms with Gasteiger partial charge in [-0.05, 0) is 42.7 Å². The van der Waals surface area contributed by atoms with E-state index in [1.54, 1.807) is 11.1 Å². The fraction of sp³-hybridized carbons (Fsp3) is 0.562. The number of nitrogens with one attached hydrogen (secondary N) is 1. The molecule has 3 rings (SSSR count). The van der Waals surface area contributed by atoms with Crippen LogP contribution in [0.4, 0.5) is 0 Å². The SMILES string of the molecule is CC1CCc2ccccc2C1.CN=C1CCCN1. The molecule has 1 fully saturated rings. The van der Waals surface area contributed by atoms with Gasteiger partial charge in [0, 0.05) is 20.0 Å². The quantitative estimate of drug-likeness (QED) is 0.744. The average molecular weight is 244 g/mol. The summed E-state index contributed by atoms with van der Waals surface area (Å²) in [6.45, 7) is 3.46. The summed E-state index contributed by atoms with van der Waals surface area (Å²) in [5, 5.41) is 3.16. The van der Waals surface area contributed by atoms with Crippen LogP contribution >= 0.6 is 0 Å². The van der Waals surface area contributed by atoms with E-state index in [0.29, 0.717) is 0 Å². The van der Waals surface area contributed by atoms with Gasteiger partial charge in [0.25, 0.3) is 0 Å². The summed E-state index contributed by atoms with van der Waals surface area (Å²) < 4.78 is 0. The zero-order valence-electron chi connectivity index (χ0n) is 11.6. The normalized spacial score (nSPS) is 23.9. The first-order chi connectivity index (χ1) is 8.79. The number of fused-ring (bicyclic) bond motifs is 1. The molecular formula is C16H24N2. The molecular weight excluding hydrogens is 220 g/mol. The second kappa shape index (κ2) is 6.58. The monoisotopic (exact) mass is 244 g/mol. The molecule has 0 radical (unpaired) electrons. The van der Waals surface area contributed by atoms with Gasteiger partial charge in [-0.15, -0.1) is 0 Å². The van der Waals surface area contributed by atoms with E-state index in [1.807, 2.05) is 7.05 Å². The highest BCUT2D eigenvalue weighted by Crippen LogP contribution is 2.24. The number of aryl methyl sites for hydroxylation is 1. The van der Waals surface area contributed by atoms with Crippen LogP contribution in [0, 0.1) is 5.92 Å². The number of aliphatic imine (C=N–C) groups is 1. The van der Waals surface area contributed by atoms with Gasteiger partial charge < -0.3 is 5.32 Å². The largest absolute Gasteiger partial charge is 0.374 e. The van der Waals surface area contributed by atoms with Crippen molar-refractivity contribution < 1.29 is 0 Å². The molecule has 18 heavy (non-hydrogen) atoms. The molecule has 1 aromatic rings. The van der Waals surface area contributed by atoms with Gasteiger partial charge in [0.15, 0.2) is 0 Å². The Balaban J connectivity index is 0.000000149. The summed E-state index contributed by atoms with van der Waals surface area (Å²) in [4.78, 5) is 3.99. The van der Waals surface area contributed by atoms with Crippen LogP contribution in [0.5, 0.6) is 0 Å². The Morgan fingerprint density at radius 3 is 2.56 bits per heavy atom. The van der Waals surface area contributed by atoms with Crippen LogP contribution in [0.1, 0.15) is 37.3 Å². The van der Waals surface area contributed by atoms with E-state index in [9.17, 15) is 0 Å². The van der Waals surface area contributed by atoms with E-state index in [2.05, 4.69) is 41.5 Å². The summed E-state index contributed by atoms with van der Waals surface area (Å²) in [5.74, 6) is 2.06. The smallest absolute Gasteiger partial charge is 0.0960 e. The van der Waals surface area contributed by atoms with Crippen molar-refractivity contribution in [2.24, 2.45) is 10.9 Å². The van der Waals surface area contributed by atoms with Crippen molar-refractivity contribution in [3.8, 4) is 0 Å². The molecule has 1 aliphatic carbocycles. The molecule has 1 aromatic carbocycles. The fourth-order valence-electron chi connectivity index (χ4n) is 2.65. The highest BCUT2D eigenvalue weighted by atomic mass is 15.0. The maximum Gasteiger partial charge on any atom is 0.0960 e. The molecule has 0 spiro atoms. The van der Waals surface area contributed by atoms with E-state index < -0.39 is 0 Å². The van der Waals surface area contributed by atoms with Crippen molar-refractivity contribution in [3.05, 3.63) is 35.4 Å². The van der Waals surface area contributed by atoms with Gasteiger partial charge in [-0.25, -0.2) is 0 Å². The summed E-state index contributed by atoms with van der Waals surface area (Å²) in [5.41, 5.74) is 3.15. The van der Waals surface area contributed by atoms with E-state index in [4.69, 9.17) is 0 Å². The molecule has 0 saturated carbocycles. The average Bonchev–Trinajstić information content (AvgIpc) is 2.92. The molecule has 1 saturated heterocycles. The predicted octanol–water partition coefficient (Wildman–Crippen LogP) is 3.21. The maximum atomic E-state index is 3.99. The van der Waals surface area contributed by atoms with Crippen molar-refractivity contribution in [1.29, 1.82) is 0 Å². The van der Waals surface area contributed by atoms with Gasteiger partial charge in [0.2, 0.25) is 0 Å². The lowest BCUT2D eigenvalue weighted by Crippen LogP contribution is -2.13. The van der Waals surface area contributed by atoms with Crippen LogP contribution in [0.3, 0.4) is 0 Å². The van der Waals surface area contributed by atoms with Crippen LogP contribution in [-0.4, -0.2) is 19.4 Å². The Labute approximate surface area is 111 Å². The van der Waals surface area contributed by atoms with Gasteiger partial charge in [0.05, 0.1) is 5.84 Å². The number of benzene rings is 1. The number of nitrogens with zero attached hydrogens (tertiary/aromatic N) is 1. The summed E-state index contributed by atoms with van der Waals surface area (Å²) in [6, 6.07) is 8.83. The second-order valence-electron chi connectivity index (χ2n) is 5.32. The Morgan fingerprint density at radius 1 is 1.17 bits per heavy atom. The summed E-state index contributed by atoms with van der Waals surface area (Å²) in [7, 11) is 1.83. The van der Waals surface area contributed by atoms with E-state index in [1.165, 1.54) is 31.5 Å². The van der Waals surface area contributed by atoms with Crippen LogP contribution < -0.4 is 5.32 Å². The van der Waals surface area contributed by atoms with E-state index >= 15 is 0 Å². The first kappa shape index (κ1) is 13.1. The Bertz CT molecular complexity index is 401. The lowest BCUT2D eigenvalue weighted by molar-refractivity contribution is 0.501. The number of hydrogen-bond acceptors (Lipinski definition) is 1. The van der Waals surface area contributed by atoms with Crippen LogP contribution in [-0.2, 0) is 12.8 Å². The third kappa shape index (κ3) is 3.59. The summed E-state index contributed by atoms with van der Waals surface area (Å²) >= 11 is 0. The van der Waals surface area contributed by atoms with Gasteiger partial charge in [0.1, 0.15) is 0 Å². The van der Waals surface area contributed by atoms with Crippen molar-refractivity contribution in [2.75, 3.05) is 13.6 Å². The fourth-order valence-corrected chi connectivity index (χ4v) is 2.65. The minimum atomic E-state index is 0.893. The molecule has 2 heteroatoms. The first-order valence-corrected chi connectivity index (χ1v) is 7.06. The topological polar surface area (TPSA) is 24.4 Å². The third-order valence-electron chi connectivity index (χ3n) is 3.78. The van der Waals surface area contributed by atoms with Crippen LogP contribution in [0.15, 0.2) is 29.3 Å². The van der Waals surface area contributed by atoms with Crippen LogP contribution in [0.2, 0.25) is 0 Å². The number of rotatable bonds is 0. The molecule has 1 heterocycles. The molecule has 1 atom stereocenters. The van der Waals surface area contributed by atoms with Crippen molar-refractivity contribution in [2.45, 2.75) is 39.0 Å². The molecule has 1 aliphatic heterocycles. The predicted molar refractivity (Wildman–Crippen MR) is 78.2 cm³/mol. The van der Waals surface area contributed by atoms with Gasteiger partial charge in [-0.2, -0.15) is 0 Å². The number of hydrogen-bond donors (Lipinski definition) is 1. The first-order valence-electron chi connectivity index (χ1n) is 7.06. The second-order valence-corrected chi connectivity index (χ2v) is 5.32. The number of amidine groups is 1. The van der Waals surface area contributed by atoms with Crippen LogP contribution in [0.25, 0.3) is 0 Å². The molecule has 1 unspecified atom stereocenters. The van der Waals surface area contributed by atoms with Gasteiger partial charge >= 0.3 is 0 Å². The lowest BCUT2D eigenvalue weighted by Gasteiger charge is -2.20. The van der Waals surface area contributed by atoms with Crippen molar-refractivity contribution in [3.63, 3.8) is 0 Å². The van der Waals surface area contributed by atoms with E-state index in [-0.39, 0.29) is 0 Å². The standard InChI is InChI=1S/C11H14.C5H10N2/c1-9-6-7-10-4-2-3-5-11(10)8-9;1-6-5-3-2-4-7-5/h2-5,9H,6-8H2,1H3;2-4H2,1H3,(H,6,7). The Kier molecular flexibility index (Phi) is 4.80. The third-order valence-corrected chi connectivity index (χ3v) is 3.78.